The SMILES string of the molecule is C#CCOc1c(CC=C)cc(CNc2ccc(CC)cc2)cc1OC. The Balaban J connectivity index is 2.20. The summed E-state index contributed by atoms with van der Waals surface area (Å²) in [6.07, 6.45) is 8.89. The van der Waals surface area contributed by atoms with E-state index in [1.807, 2.05) is 12.1 Å². The maximum Gasteiger partial charge on any atom is 0.166 e. The largest absolute Gasteiger partial charge is 0.493 e. The molecular weight excluding hydrogens is 310 g/mol. The normalized spacial score (nSPS) is 9.96. The summed E-state index contributed by atoms with van der Waals surface area (Å²) in [7, 11) is 1.64. The summed E-state index contributed by atoms with van der Waals surface area (Å²) in [5.41, 5.74) is 4.55. The summed E-state index contributed by atoms with van der Waals surface area (Å²) in [6.45, 7) is 6.88. The maximum absolute atomic E-state index is 5.67. The number of terminal acetylenes is 1. The van der Waals surface area contributed by atoms with Crippen LogP contribution in [0.2, 0.25) is 0 Å². The van der Waals surface area contributed by atoms with Gasteiger partial charge >= 0.3 is 0 Å². The molecule has 0 saturated carbocycles. The highest BCUT2D eigenvalue weighted by molar-refractivity contribution is 5.52. The van der Waals surface area contributed by atoms with Gasteiger partial charge in [-0.1, -0.05) is 31.1 Å². The molecule has 2 aromatic rings. The first-order valence-corrected chi connectivity index (χ1v) is 8.41. The number of nitrogens with one attached hydrogen (secondary N) is 1. The molecule has 130 valence electrons. The van der Waals surface area contributed by atoms with Gasteiger partial charge in [-0.25, -0.2) is 0 Å². The summed E-state index contributed by atoms with van der Waals surface area (Å²) >= 11 is 0. The van der Waals surface area contributed by atoms with Crippen LogP contribution in [0.1, 0.15) is 23.6 Å². The van der Waals surface area contributed by atoms with Crippen LogP contribution in [0.5, 0.6) is 11.5 Å². The molecule has 0 aliphatic rings. The number of anilines is 1. The molecule has 0 fully saturated rings. The molecule has 1 N–H and O–H groups in total. The van der Waals surface area contributed by atoms with Crippen LogP contribution in [-0.2, 0) is 19.4 Å². The molecule has 0 unspecified atom stereocenters. The van der Waals surface area contributed by atoms with E-state index in [4.69, 9.17) is 15.9 Å². The highest BCUT2D eigenvalue weighted by atomic mass is 16.5. The lowest BCUT2D eigenvalue weighted by Crippen LogP contribution is -2.05. The summed E-state index contributed by atoms with van der Waals surface area (Å²) < 4.78 is 11.2. The van der Waals surface area contributed by atoms with Crippen molar-refractivity contribution in [1.29, 1.82) is 0 Å². The zero-order valence-corrected chi connectivity index (χ0v) is 15.0. The highest BCUT2D eigenvalue weighted by Gasteiger charge is 2.12. The lowest BCUT2D eigenvalue weighted by molar-refractivity contribution is 0.328. The zero-order chi connectivity index (χ0) is 18.1. The van der Waals surface area contributed by atoms with E-state index >= 15 is 0 Å². The molecule has 3 heteroatoms. The van der Waals surface area contributed by atoms with Crippen molar-refractivity contribution in [2.45, 2.75) is 26.3 Å². The minimum absolute atomic E-state index is 0.210. The Kier molecular flexibility index (Phi) is 6.98. The van der Waals surface area contributed by atoms with Crippen molar-refractivity contribution in [1.82, 2.24) is 0 Å². The van der Waals surface area contributed by atoms with E-state index in [-0.39, 0.29) is 6.61 Å². The van der Waals surface area contributed by atoms with Gasteiger partial charge in [0, 0.05) is 17.8 Å². The summed E-state index contributed by atoms with van der Waals surface area (Å²) in [5.74, 6) is 3.87. The number of methoxy groups -OCH3 is 1. The molecule has 0 spiro atoms. The van der Waals surface area contributed by atoms with Crippen LogP contribution < -0.4 is 14.8 Å². The predicted molar refractivity (Wildman–Crippen MR) is 104 cm³/mol. The molecule has 0 radical (unpaired) electrons. The number of hydrogen-bond donors (Lipinski definition) is 1. The van der Waals surface area contributed by atoms with Crippen LogP contribution >= 0.6 is 0 Å². The molecule has 0 heterocycles. The Labute approximate surface area is 150 Å². The molecule has 0 saturated heterocycles. The molecule has 2 aromatic carbocycles. The number of allylic oxidation sites excluding steroid dienone is 1. The first-order valence-electron chi connectivity index (χ1n) is 8.41. The van der Waals surface area contributed by atoms with E-state index in [9.17, 15) is 0 Å². The van der Waals surface area contributed by atoms with Gasteiger partial charge in [-0.3, -0.25) is 0 Å². The molecule has 0 bridgehead atoms. The van der Waals surface area contributed by atoms with Crippen LogP contribution in [0, 0.1) is 12.3 Å². The Bertz CT molecular complexity index is 742. The Hall–Kier alpha value is -2.86. The Morgan fingerprint density at radius 1 is 1.20 bits per heavy atom. The topological polar surface area (TPSA) is 30.5 Å². The van der Waals surface area contributed by atoms with Crippen molar-refractivity contribution in [2.24, 2.45) is 0 Å². The van der Waals surface area contributed by atoms with E-state index in [1.165, 1.54) is 5.56 Å². The molecule has 0 aliphatic carbocycles. The predicted octanol–water partition coefficient (Wildman–Crippen LogP) is 4.61. The third-order valence-electron chi connectivity index (χ3n) is 3.93. The van der Waals surface area contributed by atoms with E-state index in [0.717, 1.165) is 23.2 Å². The first-order chi connectivity index (χ1) is 12.2. The van der Waals surface area contributed by atoms with Gasteiger partial charge in [0.15, 0.2) is 11.5 Å². The van der Waals surface area contributed by atoms with E-state index in [0.29, 0.717) is 24.5 Å². The average molecular weight is 335 g/mol. The Morgan fingerprint density at radius 2 is 1.96 bits per heavy atom. The highest BCUT2D eigenvalue weighted by Crippen LogP contribution is 2.33. The second kappa shape index (κ2) is 9.44. The van der Waals surface area contributed by atoms with Gasteiger partial charge in [0.25, 0.3) is 0 Å². The fourth-order valence-corrected chi connectivity index (χ4v) is 2.62. The van der Waals surface area contributed by atoms with Gasteiger partial charge in [0.1, 0.15) is 6.61 Å². The smallest absolute Gasteiger partial charge is 0.166 e. The van der Waals surface area contributed by atoms with Crippen molar-refractivity contribution in [2.75, 3.05) is 19.0 Å². The molecule has 2 rings (SSSR count). The fraction of sp³-hybridized carbons (Fsp3) is 0.273. The fourth-order valence-electron chi connectivity index (χ4n) is 2.62. The van der Waals surface area contributed by atoms with Crippen molar-refractivity contribution in [3.63, 3.8) is 0 Å². The second-order valence-electron chi connectivity index (χ2n) is 5.68. The molecule has 0 aliphatic heterocycles. The van der Waals surface area contributed by atoms with Crippen molar-refractivity contribution >= 4 is 5.69 Å². The first kappa shape index (κ1) is 18.5. The van der Waals surface area contributed by atoms with Crippen molar-refractivity contribution in [3.8, 4) is 23.8 Å². The van der Waals surface area contributed by atoms with Gasteiger partial charge < -0.3 is 14.8 Å². The van der Waals surface area contributed by atoms with Crippen molar-refractivity contribution in [3.05, 3.63) is 65.7 Å². The van der Waals surface area contributed by atoms with Gasteiger partial charge in [-0.15, -0.1) is 13.0 Å². The van der Waals surface area contributed by atoms with Gasteiger partial charge in [-0.05, 0) is 48.2 Å². The molecule has 25 heavy (non-hydrogen) atoms. The number of rotatable bonds is 9. The number of aryl methyl sites for hydroxylation is 1. The molecule has 0 atom stereocenters. The maximum atomic E-state index is 5.67. The minimum Gasteiger partial charge on any atom is -0.493 e. The van der Waals surface area contributed by atoms with Crippen LogP contribution in [0.25, 0.3) is 0 Å². The van der Waals surface area contributed by atoms with Crippen molar-refractivity contribution < 1.29 is 9.47 Å². The molecule has 0 amide bonds. The second-order valence-corrected chi connectivity index (χ2v) is 5.68. The van der Waals surface area contributed by atoms with Crippen LogP contribution in [0.4, 0.5) is 5.69 Å². The minimum atomic E-state index is 0.210. The average Bonchev–Trinajstić information content (AvgIpc) is 2.65. The van der Waals surface area contributed by atoms with Crippen LogP contribution in [0.15, 0.2) is 49.1 Å². The molecular formula is C22H25NO2. The third kappa shape index (κ3) is 5.06. The molecule has 0 aromatic heterocycles. The standard InChI is InChI=1S/C22H25NO2/c1-5-8-19-14-18(15-21(24-4)22(19)25-13-6-2)16-23-20-11-9-17(7-3)10-12-20/h2,5,9-12,14-15,23H,1,7-8,13,16H2,3-4H3. The monoisotopic (exact) mass is 335 g/mol. The number of benzene rings is 2. The van der Waals surface area contributed by atoms with E-state index in [1.54, 1.807) is 7.11 Å². The number of hydrogen-bond acceptors (Lipinski definition) is 3. The quantitative estimate of drug-likeness (QED) is 0.536. The van der Waals surface area contributed by atoms with Gasteiger partial charge in [0.05, 0.1) is 7.11 Å². The zero-order valence-electron chi connectivity index (χ0n) is 15.0. The van der Waals surface area contributed by atoms with Gasteiger partial charge in [-0.2, -0.15) is 0 Å². The molecule has 3 nitrogen and oxygen atoms in total. The van der Waals surface area contributed by atoms with Crippen LogP contribution in [0.3, 0.4) is 0 Å². The third-order valence-corrected chi connectivity index (χ3v) is 3.93. The number of ether oxygens (including phenoxy) is 2. The summed E-state index contributed by atoms with van der Waals surface area (Å²) in [5, 5.41) is 3.44. The van der Waals surface area contributed by atoms with Gasteiger partial charge in [0.2, 0.25) is 0 Å². The lowest BCUT2D eigenvalue weighted by Gasteiger charge is -2.16. The summed E-state index contributed by atoms with van der Waals surface area (Å²) in [4.78, 5) is 0. The Morgan fingerprint density at radius 3 is 2.56 bits per heavy atom. The van der Waals surface area contributed by atoms with Crippen LogP contribution in [-0.4, -0.2) is 13.7 Å². The summed E-state index contributed by atoms with van der Waals surface area (Å²) in [6, 6.07) is 12.6. The van der Waals surface area contributed by atoms with E-state index < -0.39 is 0 Å². The lowest BCUT2D eigenvalue weighted by atomic mass is 10.1. The van der Waals surface area contributed by atoms with E-state index in [2.05, 4.69) is 55.1 Å².